The Bertz CT molecular complexity index is 1460. The predicted molar refractivity (Wildman–Crippen MR) is 203 cm³/mol. The number of aliphatic hydroxyl groups is 1. The van der Waals surface area contributed by atoms with Gasteiger partial charge in [0.1, 0.15) is 36.5 Å². The molecule has 0 heterocycles. The lowest BCUT2D eigenvalue weighted by Gasteiger charge is -2.29. The second kappa shape index (κ2) is 22.4. The van der Waals surface area contributed by atoms with E-state index in [9.17, 15) is 29.1 Å². The molecule has 0 aliphatic heterocycles. The molecular weight excluding hydrogens is 696 g/mol. The van der Waals surface area contributed by atoms with E-state index in [-0.39, 0.29) is 51.6 Å². The summed E-state index contributed by atoms with van der Waals surface area (Å²) in [6.07, 6.45) is -2.06. The van der Waals surface area contributed by atoms with Crippen LogP contribution in [-0.2, 0) is 41.8 Å². The summed E-state index contributed by atoms with van der Waals surface area (Å²) < 4.78 is 21.7. The summed E-state index contributed by atoms with van der Waals surface area (Å²) in [5, 5.41) is 18.8. The van der Waals surface area contributed by atoms with Gasteiger partial charge in [-0.1, -0.05) is 74.5 Å². The maximum absolute atomic E-state index is 13.5. The Morgan fingerprint density at radius 2 is 1.28 bits per heavy atom. The first-order chi connectivity index (χ1) is 25.3. The van der Waals surface area contributed by atoms with Gasteiger partial charge in [0.2, 0.25) is 5.91 Å². The average Bonchev–Trinajstić information content (AvgIpc) is 3.08. The molecule has 14 nitrogen and oxygen atoms in total. The van der Waals surface area contributed by atoms with Crippen molar-refractivity contribution in [1.29, 1.82) is 0 Å². The van der Waals surface area contributed by atoms with Crippen molar-refractivity contribution in [3.63, 3.8) is 0 Å². The van der Waals surface area contributed by atoms with Crippen LogP contribution in [0.3, 0.4) is 0 Å². The number of amides is 4. The summed E-state index contributed by atoms with van der Waals surface area (Å²) in [7, 11) is 0. The monoisotopic (exact) mass is 756 g/mol. The molecule has 0 aliphatic carbocycles. The lowest BCUT2D eigenvalue weighted by Crippen LogP contribution is -2.54. The first kappa shape index (κ1) is 45.3. The molecule has 0 spiro atoms. The van der Waals surface area contributed by atoms with Crippen LogP contribution in [0.5, 0.6) is 0 Å². The summed E-state index contributed by atoms with van der Waals surface area (Å²) in [5.41, 5.74) is 0.0419. The molecule has 4 N–H and O–H groups in total. The van der Waals surface area contributed by atoms with Gasteiger partial charge in [-0.3, -0.25) is 4.79 Å². The molecule has 54 heavy (non-hydrogen) atoms. The van der Waals surface area contributed by atoms with Gasteiger partial charge in [0.25, 0.3) is 0 Å². The van der Waals surface area contributed by atoms with Crippen LogP contribution in [0.2, 0.25) is 0 Å². The van der Waals surface area contributed by atoms with Crippen LogP contribution in [0, 0.1) is 5.92 Å². The summed E-state index contributed by atoms with van der Waals surface area (Å²) >= 11 is 0. The molecule has 3 atom stereocenters. The van der Waals surface area contributed by atoms with Crippen molar-refractivity contribution < 1.29 is 48.0 Å². The Morgan fingerprint density at radius 1 is 0.722 bits per heavy atom. The zero-order valence-electron chi connectivity index (χ0n) is 33.0. The number of aliphatic hydroxyl groups excluding tert-OH is 1. The Balaban J connectivity index is 2.06. The average molecular weight is 757 g/mol. The molecule has 0 saturated heterocycles. The van der Waals surface area contributed by atoms with Gasteiger partial charge < -0.3 is 44.9 Å². The first-order valence-electron chi connectivity index (χ1n) is 18.4. The fourth-order valence-corrected chi connectivity index (χ4v) is 5.02. The Kier molecular flexibility index (Phi) is 18.8. The van der Waals surface area contributed by atoms with Gasteiger partial charge in [-0.15, -0.1) is 0 Å². The maximum Gasteiger partial charge on any atom is 0.410 e. The number of ether oxygens (including phenoxy) is 4. The van der Waals surface area contributed by atoms with E-state index in [1.807, 2.05) is 60.7 Å². The minimum atomic E-state index is -1.07. The van der Waals surface area contributed by atoms with E-state index in [2.05, 4.69) is 16.0 Å². The van der Waals surface area contributed by atoms with E-state index in [0.29, 0.717) is 12.8 Å². The Morgan fingerprint density at radius 3 is 1.81 bits per heavy atom. The number of nitrogens with zero attached hydrogens (tertiary/aromatic N) is 1. The minimum Gasteiger partial charge on any atom is -0.458 e. The second-order valence-electron chi connectivity index (χ2n) is 15.4. The van der Waals surface area contributed by atoms with E-state index in [0.717, 1.165) is 11.1 Å². The molecular formula is C40H60N4O10. The highest BCUT2D eigenvalue weighted by Gasteiger charge is 2.32. The largest absolute Gasteiger partial charge is 0.458 e. The molecule has 0 aliphatic rings. The van der Waals surface area contributed by atoms with E-state index in [1.54, 1.807) is 55.4 Å². The van der Waals surface area contributed by atoms with Gasteiger partial charge >= 0.3 is 24.2 Å². The number of alkyl carbamates (subject to hydrolysis) is 2. The van der Waals surface area contributed by atoms with Gasteiger partial charge in [-0.05, 0) is 84.3 Å². The number of esters is 1. The number of nitrogens with one attached hydrogen (secondary N) is 3. The van der Waals surface area contributed by atoms with Crippen molar-refractivity contribution >= 4 is 30.2 Å². The van der Waals surface area contributed by atoms with E-state index in [4.69, 9.17) is 18.9 Å². The van der Waals surface area contributed by atoms with Crippen LogP contribution < -0.4 is 16.0 Å². The molecule has 4 amide bonds. The zero-order chi connectivity index (χ0) is 40.3. The molecule has 2 aromatic rings. The number of carbonyl (C=O) groups excluding carboxylic acids is 5. The van der Waals surface area contributed by atoms with Gasteiger partial charge in [0, 0.05) is 19.6 Å². The molecule has 0 aromatic heterocycles. The number of rotatable bonds is 19. The molecule has 0 fully saturated rings. The van der Waals surface area contributed by atoms with Gasteiger partial charge in [0.05, 0.1) is 6.10 Å². The van der Waals surface area contributed by atoms with E-state index >= 15 is 0 Å². The highest BCUT2D eigenvalue weighted by Crippen LogP contribution is 2.15. The summed E-state index contributed by atoms with van der Waals surface area (Å²) in [4.78, 5) is 66.0. The highest BCUT2D eigenvalue weighted by molar-refractivity contribution is 5.89. The van der Waals surface area contributed by atoms with Crippen molar-refractivity contribution in [1.82, 2.24) is 20.9 Å². The summed E-state index contributed by atoms with van der Waals surface area (Å²) in [5.74, 6) is -1.48. The van der Waals surface area contributed by atoms with Crippen molar-refractivity contribution in [3.8, 4) is 0 Å². The number of benzene rings is 2. The fraction of sp³-hybridized carbons (Fsp3) is 0.575. The number of carbonyl (C=O) groups is 5. The van der Waals surface area contributed by atoms with Gasteiger partial charge in [-0.2, -0.15) is 0 Å². The van der Waals surface area contributed by atoms with E-state index < -0.39 is 59.5 Å². The lowest BCUT2D eigenvalue weighted by molar-refractivity contribution is -0.160. The third-order valence-electron chi connectivity index (χ3n) is 7.66. The van der Waals surface area contributed by atoms with Gasteiger partial charge in [-0.25, -0.2) is 19.2 Å². The Labute approximate surface area is 319 Å². The molecule has 2 rings (SSSR count). The molecule has 0 bridgehead atoms. The predicted octanol–water partition coefficient (Wildman–Crippen LogP) is 5.85. The van der Waals surface area contributed by atoms with Crippen LogP contribution in [0.15, 0.2) is 60.7 Å². The zero-order valence-corrected chi connectivity index (χ0v) is 33.0. The van der Waals surface area contributed by atoms with Crippen LogP contribution in [0.4, 0.5) is 14.4 Å². The first-order valence-corrected chi connectivity index (χ1v) is 18.4. The normalized spacial score (nSPS) is 13.1. The van der Waals surface area contributed by atoms with Gasteiger partial charge in [0.15, 0.2) is 0 Å². The fourth-order valence-electron chi connectivity index (χ4n) is 5.02. The maximum atomic E-state index is 13.5. The lowest BCUT2D eigenvalue weighted by atomic mass is 10.0. The van der Waals surface area contributed by atoms with Crippen molar-refractivity contribution in [2.24, 2.45) is 5.92 Å². The van der Waals surface area contributed by atoms with E-state index in [1.165, 1.54) is 4.90 Å². The van der Waals surface area contributed by atoms with Crippen LogP contribution in [0.25, 0.3) is 0 Å². The molecule has 14 heteroatoms. The molecule has 2 aromatic carbocycles. The number of hydrogen-bond donors (Lipinski definition) is 4. The molecule has 300 valence electrons. The molecule has 0 radical (unpaired) electrons. The van der Waals surface area contributed by atoms with Crippen LogP contribution >= 0.6 is 0 Å². The number of hydrogen-bond acceptors (Lipinski definition) is 10. The smallest absolute Gasteiger partial charge is 0.410 e. The molecule has 0 saturated carbocycles. The second-order valence-corrected chi connectivity index (χ2v) is 15.4. The standard InChI is InChI=1S/C40H60N4O10/c1-28(2)33(35(47)53-39(3,4)5)43-34(46)32(42-37(49)54-40(6,7)8)21-15-16-24-44(38(50)52-27-30-19-13-10-14-20-30)25-31(45)22-23-41-36(48)51-26-29-17-11-9-12-18-29/h9-14,17-20,28,31-33,45H,15-16,21-27H2,1-8H3,(H,41,48)(H,42,49)(H,43,46)/t31-,32-,33-/m0/s1. The van der Waals surface area contributed by atoms with Crippen LogP contribution in [-0.4, -0.2) is 89.2 Å². The summed E-state index contributed by atoms with van der Waals surface area (Å²) in [6, 6.07) is 16.4. The topological polar surface area (TPSA) is 182 Å². The SMILES string of the molecule is CC(C)[C@H](NC(=O)[C@H](CCCCN(C[C@@H](O)CCNC(=O)OCc1ccccc1)C(=O)OCc1ccccc1)NC(=O)OC(C)(C)C)C(=O)OC(C)(C)C. The third kappa shape index (κ3) is 19.3. The van der Waals surface area contributed by atoms with Crippen molar-refractivity contribution in [2.75, 3.05) is 19.6 Å². The minimum absolute atomic E-state index is 0.0256. The summed E-state index contributed by atoms with van der Waals surface area (Å²) in [6.45, 7) is 14.2. The molecule has 0 unspecified atom stereocenters. The van der Waals surface area contributed by atoms with Crippen LogP contribution in [0.1, 0.15) is 92.2 Å². The number of unbranched alkanes of at least 4 members (excludes halogenated alkanes) is 1. The van der Waals surface area contributed by atoms with Crippen molar-refractivity contribution in [2.45, 2.75) is 124 Å². The quantitative estimate of drug-likeness (QED) is 0.0772. The van der Waals surface area contributed by atoms with Crippen molar-refractivity contribution in [3.05, 3.63) is 71.8 Å². The third-order valence-corrected chi connectivity index (χ3v) is 7.66. The highest BCUT2D eigenvalue weighted by atomic mass is 16.6. The Hall–Kier alpha value is -4.85.